The minimum absolute atomic E-state index is 0.0760. The number of nitrogens with one attached hydrogen (secondary N) is 1. The standard InChI is InChI=1S/C14H19NO4/c1-3-19-14(17)7-8-18-10-13(16)15-12-6-4-5-11(2)9-12/h4-6,9H,3,7-8,10H2,1-2H3,(H,15,16). The van der Waals surface area contributed by atoms with Gasteiger partial charge in [0.05, 0.1) is 19.6 Å². The fourth-order valence-electron chi connectivity index (χ4n) is 1.47. The van der Waals surface area contributed by atoms with Crippen LogP contribution in [0.15, 0.2) is 24.3 Å². The van der Waals surface area contributed by atoms with E-state index in [0.717, 1.165) is 11.3 Å². The Morgan fingerprint density at radius 1 is 1.32 bits per heavy atom. The maximum absolute atomic E-state index is 11.5. The highest BCUT2D eigenvalue weighted by Crippen LogP contribution is 2.09. The van der Waals surface area contributed by atoms with Gasteiger partial charge in [-0.15, -0.1) is 0 Å². The van der Waals surface area contributed by atoms with Crippen molar-refractivity contribution in [2.75, 3.05) is 25.1 Å². The molecule has 0 radical (unpaired) electrons. The van der Waals surface area contributed by atoms with Gasteiger partial charge in [-0.1, -0.05) is 12.1 Å². The van der Waals surface area contributed by atoms with Crippen LogP contribution in [0.1, 0.15) is 18.9 Å². The second-order valence-corrected chi connectivity index (χ2v) is 4.03. The Morgan fingerprint density at radius 2 is 2.11 bits per heavy atom. The zero-order valence-corrected chi connectivity index (χ0v) is 11.3. The van der Waals surface area contributed by atoms with Crippen LogP contribution in [0.25, 0.3) is 0 Å². The molecule has 0 aliphatic carbocycles. The van der Waals surface area contributed by atoms with Crippen LogP contribution in [0.4, 0.5) is 5.69 Å². The van der Waals surface area contributed by atoms with Crippen LogP contribution in [-0.4, -0.2) is 31.7 Å². The summed E-state index contributed by atoms with van der Waals surface area (Å²) in [6.45, 7) is 4.15. The first-order valence-electron chi connectivity index (χ1n) is 6.21. The van der Waals surface area contributed by atoms with E-state index in [9.17, 15) is 9.59 Å². The lowest BCUT2D eigenvalue weighted by molar-refractivity contribution is -0.144. The second kappa shape index (κ2) is 8.26. The number of anilines is 1. The van der Waals surface area contributed by atoms with E-state index < -0.39 is 0 Å². The Balaban J connectivity index is 2.20. The first-order chi connectivity index (χ1) is 9.11. The molecule has 5 nitrogen and oxygen atoms in total. The Morgan fingerprint density at radius 3 is 2.79 bits per heavy atom. The SMILES string of the molecule is CCOC(=O)CCOCC(=O)Nc1cccc(C)c1. The van der Waals surface area contributed by atoms with E-state index >= 15 is 0 Å². The summed E-state index contributed by atoms with van der Waals surface area (Å²) in [4.78, 5) is 22.6. The summed E-state index contributed by atoms with van der Waals surface area (Å²) in [6.07, 6.45) is 0.158. The van der Waals surface area contributed by atoms with Gasteiger partial charge in [-0.3, -0.25) is 9.59 Å². The zero-order chi connectivity index (χ0) is 14.1. The van der Waals surface area contributed by atoms with Crippen LogP contribution >= 0.6 is 0 Å². The fraction of sp³-hybridized carbons (Fsp3) is 0.429. The van der Waals surface area contributed by atoms with E-state index in [4.69, 9.17) is 9.47 Å². The Kier molecular flexibility index (Phi) is 6.60. The second-order valence-electron chi connectivity index (χ2n) is 4.03. The molecule has 0 heterocycles. The molecular formula is C14H19NO4. The molecule has 0 spiro atoms. The molecule has 0 unspecified atom stereocenters. The van der Waals surface area contributed by atoms with Gasteiger partial charge >= 0.3 is 5.97 Å². The van der Waals surface area contributed by atoms with Gasteiger partial charge in [0.15, 0.2) is 0 Å². The van der Waals surface area contributed by atoms with Crippen molar-refractivity contribution < 1.29 is 19.1 Å². The molecule has 0 aliphatic heterocycles. The number of ether oxygens (including phenoxy) is 2. The van der Waals surface area contributed by atoms with E-state index in [2.05, 4.69) is 5.32 Å². The van der Waals surface area contributed by atoms with Crippen molar-refractivity contribution in [3.05, 3.63) is 29.8 Å². The number of hydrogen-bond acceptors (Lipinski definition) is 4. The largest absolute Gasteiger partial charge is 0.466 e. The van der Waals surface area contributed by atoms with Crippen LogP contribution < -0.4 is 5.32 Å². The third-order valence-corrected chi connectivity index (χ3v) is 2.29. The Hall–Kier alpha value is -1.88. The molecule has 0 atom stereocenters. The number of aryl methyl sites for hydroxylation is 1. The maximum atomic E-state index is 11.5. The van der Waals surface area contributed by atoms with E-state index in [1.807, 2.05) is 31.2 Å². The van der Waals surface area contributed by atoms with Crippen molar-refractivity contribution in [2.24, 2.45) is 0 Å². The van der Waals surface area contributed by atoms with Crippen LogP contribution in [-0.2, 0) is 19.1 Å². The number of esters is 1. The number of carbonyl (C=O) groups is 2. The molecule has 5 heteroatoms. The van der Waals surface area contributed by atoms with Gasteiger partial charge in [0.1, 0.15) is 6.61 Å². The Bertz CT molecular complexity index is 431. The molecule has 0 aromatic heterocycles. The summed E-state index contributed by atoms with van der Waals surface area (Å²) in [7, 11) is 0. The minimum atomic E-state index is -0.318. The summed E-state index contributed by atoms with van der Waals surface area (Å²) >= 11 is 0. The predicted octanol–water partition coefficient (Wildman–Crippen LogP) is 1.90. The topological polar surface area (TPSA) is 64.6 Å². The van der Waals surface area contributed by atoms with E-state index in [-0.39, 0.29) is 31.5 Å². The van der Waals surface area contributed by atoms with Crippen LogP contribution in [0, 0.1) is 6.92 Å². The molecule has 0 aliphatic rings. The molecular weight excluding hydrogens is 246 g/mol. The molecule has 1 N–H and O–H groups in total. The van der Waals surface area contributed by atoms with E-state index in [1.165, 1.54) is 0 Å². The lowest BCUT2D eigenvalue weighted by Crippen LogP contribution is -2.19. The van der Waals surface area contributed by atoms with Crippen LogP contribution in [0.5, 0.6) is 0 Å². The lowest BCUT2D eigenvalue weighted by atomic mass is 10.2. The fourth-order valence-corrected chi connectivity index (χ4v) is 1.47. The van der Waals surface area contributed by atoms with Crippen molar-refractivity contribution in [1.82, 2.24) is 0 Å². The third kappa shape index (κ3) is 6.57. The highest BCUT2D eigenvalue weighted by molar-refractivity contribution is 5.91. The van der Waals surface area contributed by atoms with Crippen molar-refractivity contribution in [3.63, 3.8) is 0 Å². The molecule has 0 saturated heterocycles. The Labute approximate surface area is 112 Å². The van der Waals surface area contributed by atoms with Crippen molar-refractivity contribution in [2.45, 2.75) is 20.3 Å². The maximum Gasteiger partial charge on any atom is 0.308 e. The predicted molar refractivity (Wildman–Crippen MR) is 71.9 cm³/mol. The molecule has 1 aromatic carbocycles. The summed E-state index contributed by atoms with van der Waals surface area (Å²) < 4.78 is 9.84. The zero-order valence-electron chi connectivity index (χ0n) is 11.3. The lowest BCUT2D eigenvalue weighted by Gasteiger charge is -2.06. The monoisotopic (exact) mass is 265 g/mol. The molecule has 104 valence electrons. The minimum Gasteiger partial charge on any atom is -0.466 e. The molecule has 19 heavy (non-hydrogen) atoms. The normalized spacial score (nSPS) is 10.0. The molecule has 1 rings (SSSR count). The van der Waals surface area contributed by atoms with Crippen LogP contribution in [0.2, 0.25) is 0 Å². The van der Waals surface area contributed by atoms with Gasteiger partial charge in [0, 0.05) is 5.69 Å². The van der Waals surface area contributed by atoms with Gasteiger partial charge in [-0.05, 0) is 31.5 Å². The number of rotatable bonds is 7. The number of benzene rings is 1. The first kappa shape index (κ1) is 15.2. The van der Waals surface area contributed by atoms with Gasteiger partial charge in [-0.25, -0.2) is 0 Å². The smallest absolute Gasteiger partial charge is 0.308 e. The molecule has 0 fully saturated rings. The number of carbonyl (C=O) groups excluding carboxylic acids is 2. The third-order valence-electron chi connectivity index (χ3n) is 2.29. The van der Waals surface area contributed by atoms with Gasteiger partial charge < -0.3 is 14.8 Å². The van der Waals surface area contributed by atoms with Gasteiger partial charge in [0.25, 0.3) is 0 Å². The van der Waals surface area contributed by atoms with E-state index in [0.29, 0.717) is 6.61 Å². The van der Waals surface area contributed by atoms with Gasteiger partial charge in [0.2, 0.25) is 5.91 Å². The first-order valence-corrected chi connectivity index (χ1v) is 6.21. The highest BCUT2D eigenvalue weighted by Gasteiger charge is 2.05. The highest BCUT2D eigenvalue weighted by atomic mass is 16.5. The summed E-state index contributed by atoms with van der Waals surface area (Å²) in [5, 5.41) is 2.72. The quantitative estimate of drug-likeness (QED) is 0.604. The molecule has 0 saturated carbocycles. The number of hydrogen-bond donors (Lipinski definition) is 1. The average Bonchev–Trinajstić information content (AvgIpc) is 2.35. The molecule has 1 aromatic rings. The van der Waals surface area contributed by atoms with Crippen molar-refractivity contribution >= 4 is 17.6 Å². The van der Waals surface area contributed by atoms with Gasteiger partial charge in [-0.2, -0.15) is 0 Å². The van der Waals surface area contributed by atoms with Crippen molar-refractivity contribution in [1.29, 1.82) is 0 Å². The summed E-state index contributed by atoms with van der Waals surface area (Å²) in [5.74, 6) is -0.559. The van der Waals surface area contributed by atoms with Crippen molar-refractivity contribution in [3.8, 4) is 0 Å². The average molecular weight is 265 g/mol. The molecule has 1 amide bonds. The molecule has 0 bridgehead atoms. The summed E-state index contributed by atoms with van der Waals surface area (Å²) in [5.41, 5.74) is 1.81. The van der Waals surface area contributed by atoms with E-state index in [1.54, 1.807) is 6.92 Å². The van der Waals surface area contributed by atoms with Crippen LogP contribution in [0.3, 0.4) is 0 Å². The summed E-state index contributed by atoms with van der Waals surface area (Å²) in [6, 6.07) is 7.50. The number of amides is 1.